The molecule has 7 heteroatoms. The van der Waals surface area contributed by atoms with E-state index in [2.05, 4.69) is 10.6 Å². The summed E-state index contributed by atoms with van der Waals surface area (Å²) < 4.78 is 0. The Morgan fingerprint density at radius 3 is 2.32 bits per heavy atom. The van der Waals surface area contributed by atoms with Crippen molar-refractivity contribution in [1.29, 1.82) is 0 Å². The molecule has 0 aliphatic heterocycles. The fourth-order valence-corrected chi connectivity index (χ4v) is 1.54. The van der Waals surface area contributed by atoms with Crippen molar-refractivity contribution in [3.63, 3.8) is 0 Å². The predicted molar refractivity (Wildman–Crippen MR) is 70.7 cm³/mol. The number of carbonyl (C=O) groups excluding carboxylic acids is 2. The van der Waals surface area contributed by atoms with Crippen LogP contribution in [-0.2, 0) is 9.59 Å². The topological polar surface area (TPSA) is 98.7 Å². The summed E-state index contributed by atoms with van der Waals surface area (Å²) in [4.78, 5) is 35.0. The molecule has 0 aliphatic rings. The SMILES string of the molecule is CCCNC(=O)NC(=O)CN(CC(=O)O)CC(C)C. The summed E-state index contributed by atoms with van der Waals surface area (Å²) in [6.45, 7) is 6.41. The summed E-state index contributed by atoms with van der Waals surface area (Å²) in [5.41, 5.74) is 0. The molecule has 0 rings (SSSR count). The molecule has 0 aromatic heterocycles. The third kappa shape index (κ3) is 10.0. The van der Waals surface area contributed by atoms with Gasteiger partial charge in [-0.25, -0.2) is 4.79 Å². The van der Waals surface area contributed by atoms with Crippen molar-refractivity contribution in [2.45, 2.75) is 27.2 Å². The maximum absolute atomic E-state index is 11.6. The molecule has 0 bridgehead atoms. The number of carboxylic acids is 1. The first-order chi connectivity index (χ1) is 8.85. The van der Waals surface area contributed by atoms with Crippen molar-refractivity contribution in [3.8, 4) is 0 Å². The van der Waals surface area contributed by atoms with Crippen LogP contribution in [0.5, 0.6) is 0 Å². The summed E-state index contributed by atoms with van der Waals surface area (Å²) in [6, 6.07) is -0.549. The molecule has 0 spiro atoms. The van der Waals surface area contributed by atoms with E-state index in [4.69, 9.17) is 5.11 Å². The minimum Gasteiger partial charge on any atom is -0.480 e. The van der Waals surface area contributed by atoms with Gasteiger partial charge in [-0.2, -0.15) is 0 Å². The van der Waals surface area contributed by atoms with E-state index in [1.54, 1.807) is 0 Å². The van der Waals surface area contributed by atoms with Crippen LogP contribution in [0.2, 0.25) is 0 Å². The average molecular weight is 273 g/mol. The molecule has 0 saturated heterocycles. The molecule has 0 heterocycles. The van der Waals surface area contributed by atoms with Crippen molar-refractivity contribution >= 4 is 17.9 Å². The Bertz CT molecular complexity index is 318. The Balaban J connectivity index is 4.21. The monoisotopic (exact) mass is 273 g/mol. The average Bonchev–Trinajstić information content (AvgIpc) is 2.23. The van der Waals surface area contributed by atoms with Gasteiger partial charge in [0.25, 0.3) is 0 Å². The minimum absolute atomic E-state index is 0.107. The van der Waals surface area contributed by atoms with E-state index in [1.807, 2.05) is 20.8 Å². The van der Waals surface area contributed by atoms with Crippen LogP contribution in [0.25, 0.3) is 0 Å². The summed E-state index contributed by atoms with van der Waals surface area (Å²) in [6.07, 6.45) is 0.778. The van der Waals surface area contributed by atoms with Crippen molar-refractivity contribution in [2.24, 2.45) is 5.92 Å². The van der Waals surface area contributed by atoms with Gasteiger partial charge >= 0.3 is 12.0 Å². The highest BCUT2D eigenvalue weighted by molar-refractivity contribution is 5.95. The molecule has 7 nitrogen and oxygen atoms in total. The van der Waals surface area contributed by atoms with Gasteiger partial charge in [-0.05, 0) is 12.3 Å². The van der Waals surface area contributed by atoms with E-state index < -0.39 is 17.9 Å². The lowest BCUT2D eigenvalue weighted by atomic mass is 10.2. The molecular formula is C12H23N3O4. The number of amides is 3. The van der Waals surface area contributed by atoms with Crippen LogP contribution in [0.1, 0.15) is 27.2 Å². The Morgan fingerprint density at radius 1 is 1.21 bits per heavy atom. The fraction of sp³-hybridized carbons (Fsp3) is 0.750. The van der Waals surface area contributed by atoms with E-state index in [9.17, 15) is 14.4 Å². The Labute approximate surface area is 113 Å². The van der Waals surface area contributed by atoms with Crippen molar-refractivity contribution in [2.75, 3.05) is 26.2 Å². The zero-order chi connectivity index (χ0) is 14.8. The first kappa shape index (κ1) is 17.4. The maximum atomic E-state index is 11.6. The summed E-state index contributed by atoms with van der Waals surface area (Å²) in [5.74, 6) is -1.26. The number of aliphatic carboxylic acids is 1. The summed E-state index contributed by atoms with van der Waals surface area (Å²) in [7, 11) is 0. The lowest BCUT2D eigenvalue weighted by molar-refractivity contribution is -0.138. The molecular weight excluding hydrogens is 250 g/mol. The van der Waals surface area contributed by atoms with Gasteiger partial charge in [0.05, 0.1) is 13.1 Å². The lowest BCUT2D eigenvalue weighted by Crippen LogP contribution is -2.46. The van der Waals surface area contributed by atoms with Gasteiger partial charge in [0.15, 0.2) is 0 Å². The van der Waals surface area contributed by atoms with Crippen LogP contribution in [-0.4, -0.2) is 54.1 Å². The molecule has 0 radical (unpaired) electrons. The Morgan fingerprint density at radius 2 is 1.84 bits per heavy atom. The zero-order valence-electron chi connectivity index (χ0n) is 11.7. The third-order valence-corrected chi connectivity index (χ3v) is 2.14. The maximum Gasteiger partial charge on any atom is 0.321 e. The molecule has 19 heavy (non-hydrogen) atoms. The molecule has 110 valence electrons. The number of imide groups is 1. The molecule has 3 amide bonds. The van der Waals surface area contributed by atoms with E-state index in [1.165, 1.54) is 4.90 Å². The number of rotatable bonds is 8. The van der Waals surface area contributed by atoms with Gasteiger partial charge < -0.3 is 10.4 Å². The first-order valence-electron chi connectivity index (χ1n) is 6.37. The van der Waals surface area contributed by atoms with Gasteiger partial charge in [-0.1, -0.05) is 20.8 Å². The number of carbonyl (C=O) groups is 3. The van der Waals surface area contributed by atoms with E-state index in [0.717, 1.165) is 6.42 Å². The van der Waals surface area contributed by atoms with Crippen molar-refractivity contribution in [1.82, 2.24) is 15.5 Å². The van der Waals surface area contributed by atoms with Gasteiger partial charge in [0.2, 0.25) is 5.91 Å². The first-order valence-corrected chi connectivity index (χ1v) is 6.37. The van der Waals surface area contributed by atoms with Crippen LogP contribution in [0.15, 0.2) is 0 Å². The molecule has 3 N–H and O–H groups in total. The van der Waals surface area contributed by atoms with Crippen LogP contribution in [0.4, 0.5) is 4.79 Å². The van der Waals surface area contributed by atoms with Crippen LogP contribution in [0.3, 0.4) is 0 Å². The molecule has 0 saturated carbocycles. The molecule has 0 atom stereocenters. The van der Waals surface area contributed by atoms with Crippen LogP contribution in [0, 0.1) is 5.92 Å². The smallest absolute Gasteiger partial charge is 0.321 e. The number of hydrogen-bond acceptors (Lipinski definition) is 4. The Hall–Kier alpha value is -1.63. The van der Waals surface area contributed by atoms with E-state index >= 15 is 0 Å². The molecule has 0 unspecified atom stereocenters. The summed E-state index contributed by atoms with van der Waals surface area (Å²) >= 11 is 0. The highest BCUT2D eigenvalue weighted by Gasteiger charge is 2.16. The largest absolute Gasteiger partial charge is 0.480 e. The minimum atomic E-state index is -0.996. The fourth-order valence-electron chi connectivity index (χ4n) is 1.54. The second-order valence-electron chi connectivity index (χ2n) is 4.76. The molecule has 0 aromatic rings. The van der Waals surface area contributed by atoms with E-state index in [0.29, 0.717) is 13.1 Å². The number of urea groups is 1. The number of hydrogen-bond donors (Lipinski definition) is 3. The highest BCUT2D eigenvalue weighted by atomic mass is 16.4. The summed E-state index contributed by atoms with van der Waals surface area (Å²) in [5, 5.41) is 13.4. The highest BCUT2D eigenvalue weighted by Crippen LogP contribution is 1.98. The van der Waals surface area contributed by atoms with Crippen molar-refractivity contribution in [3.05, 3.63) is 0 Å². The molecule has 0 aliphatic carbocycles. The second-order valence-corrected chi connectivity index (χ2v) is 4.76. The zero-order valence-corrected chi connectivity index (χ0v) is 11.7. The van der Waals surface area contributed by atoms with Gasteiger partial charge in [0, 0.05) is 13.1 Å². The van der Waals surface area contributed by atoms with Gasteiger partial charge in [0.1, 0.15) is 0 Å². The second kappa shape index (κ2) is 9.32. The third-order valence-electron chi connectivity index (χ3n) is 2.14. The standard InChI is InChI=1S/C12H23N3O4/c1-4-5-13-12(19)14-10(16)7-15(6-9(2)3)8-11(17)18/h9H,4-8H2,1-3H3,(H,17,18)(H2,13,14,16,19). The Kier molecular flexibility index (Phi) is 8.52. The van der Waals surface area contributed by atoms with E-state index in [-0.39, 0.29) is 19.0 Å². The van der Waals surface area contributed by atoms with Gasteiger partial charge in [-0.15, -0.1) is 0 Å². The predicted octanol–water partition coefficient (Wildman–Crippen LogP) is 0.265. The normalized spacial score (nSPS) is 10.6. The van der Waals surface area contributed by atoms with Crippen LogP contribution >= 0.6 is 0 Å². The van der Waals surface area contributed by atoms with Crippen molar-refractivity contribution < 1.29 is 19.5 Å². The number of nitrogens with zero attached hydrogens (tertiary/aromatic N) is 1. The van der Waals surface area contributed by atoms with Gasteiger partial charge in [-0.3, -0.25) is 19.8 Å². The quantitative estimate of drug-likeness (QED) is 0.589. The molecule has 0 aromatic carbocycles. The lowest BCUT2D eigenvalue weighted by Gasteiger charge is -2.21. The number of carboxylic acid groups (broad SMARTS) is 1. The molecule has 0 fully saturated rings. The number of nitrogens with one attached hydrogen (secondary N) is 2. The van der Waals surface area contributed by atoms with Crippen LogP contribution < -0.4 is 10.6 Å².